The number of hydrogen-bond donors (Lipinski definition) is 1. The number of Topliss-reactive ketones (excluding diaryl/α,β-unsaturated/α-hetero) is 1. The Morgan fingerprint density at radius 3 is 2.67 bits per heavy atom. The molecule has 0 amide bonds. The van der Waals surface area contributed by atoms with E-state index in [1.165, 1.54) is 0 Å². The monoisotopic (exact) mass is 206 g/mol. The third kappa shape index (κ3) is 3.36. The lowest BCUT2D eigenvalue weighted by atomic mass is 9.99. The molecule has 0 saturated carbocycles. The Kier molecular flexibility index (Phi) is 3.86. The van der Waals surface area contributed by atoms with E-state index >= 15 is 0 Å². The predicted octanol–water partition coefficient (Wildman–Crippen LogP) is 1.65. The summed E-state index contributed by atoms with van der Waals surface area (Å²) in [7, 11) is 3.92. The summed E-state index contributed by atoms with van der Waals surface area (Å²) in [5.74, 6) is 0.151. The van der Waals surface area contributed by atoms with E-state index in [-0.39, 0.29) is 11.7 Å². The van der Waals surface area contributed by atoms with Gasteiger partial charge in [0.05, 0.1) is 0 Å². The molecule has 0 unspecified atom stereocenters. The van der Waals surface area contributed by atoms with Gasteiger partial charge < -0.3 is 10.6 Å². The van der Waals surface area contributed by atoms with Gasteiger partial charge in [-0.2, -0.15) is 0 Å². The van der Waals surface area contributed by atoms with Crippen LogP contribution in [0.5, 0.6) is 0 Å². The van der Waals surface area contributed by atoms with Gasteiger partial charge >= 0.3 is 0 Å². The van der Waals surface area contributed by atoms with Gasteiger partial charge in [0.1, 0.15) is 0 Å². The van der Waals surface area contributed by atoms with E-state index in [2.05, 4.69) is 0 Å². The van der Waals surface area contributed by atoms with Gasteiger partial charge in [-0.15, -0.1) is 0 Å². The number of nitrogen functional groups attached to an aromatic ring is 1. The van der Waals surface area contributed by atoms with Crippen LogP contribution in [0, 0.1) is 5.92 Å². The fraction of sp³-hybridized carbons (Fsp3) is 0.417. The van der Waals surface area contributed by atoms with E-state index in [0.717, 1.165) is 6.54 Å². The van der Waals surface area contributed by atoms with Crippen molar-refractivity contribution in [2.24, 2.45) is 5.92 Å². The summed E-state index contributed by atoms with van der Waals surface area (Å²) in [6.07, 6.45) is 0. The van der Waals surface area contributed by atoms with Gasteiger partial charge in [-0.25, -0.2) is 0 Å². The molecule has 82 valence electrons. The molecular formula is C12H18N2O. The lowest BCUT2D eigenvalue weighted by Crippen LogP contribution is -2.25. The SMILES string of the molecule is C[C@@H](CN(C)C)C(=O)c1cccc(N)c1. The summed E-state index contributed by atoms with van der Waals surface area (Å²) in [5, 5.41) is 0. The zero-order valence-electron chi connectivity index (χ0n) is 9.53. The highest BCUT2D eigenvalue weighted by atomic mass is 16.1. The normalized spacial score (nSPS) is 12.8. The smallest absolute Gasteiger partial charge is 0.167 e. The highest BCUT2D eigenvalue weighted by molar-refractivity contribution is 5.98. The van der Waals surface area contributed by atoms with E-state index < -0.39 is 0 Å². The number of nitrogens with zero attached hydrogens (tertiary/aromatic N) is 1. The average molecular weight is 206 g/mol. The molecule has 0 aliphatic rings. The van der Waals surface area contributed by atoms with Crippen LogP contribution in [0.3, 0.4) is 0 Å². The van der Waals surface area contributed by atoms with Gasteiger partial charge in [0.2, 0.25) is 0 Å². The molecule has 3 heteroatoms. The lowest BCUT2D eigenvalue weighted by Gasteiger charge is -2.15. The van der Waals surface area contributed by atoms with Crippen molar-refractivity contribution in [3.8, 4) is 0 Å². The maximum Gasteiger partial charge on any atom is 0.167 e. The average Bonchev–Trinajstić information content (AvgIpc) is 2.15. The van der Waals surface area contributed by atoms with E-state index in [0.29, 0.717) is 11.3 Å². The molecule has 0 heterocycles. The molecule has 0 saturated heterocycles. The van der Waals surface area contributed by atoms with Crippen molar-refractivity contribution in [1.82, 2.24) is 4.90 Å². The van der Waals surface area contributed by atoms with Crippen molar-refractivity contribution in [2.75, 3.05) is 26.4 Å². The molecule has 1 atom stereocenters. The van der Waals surface area contributed by atoms with Gasteiger partial charge in [-0.05, 0) is 26.2 Å². The van der Waals surface area contributed by atoms with Crippen LogP contribution in [-0.2, 0) is 0 Å². The van der Waals surface area contributed by atoms with Gasteiger partial charge in [0.25, 0.3) is 0 Å². The van der Waals surface area contributed by atoms with Crippen LogP contribution in [0.4, 0.5) is 5.69 Å². The second-order valence-corrected chi connectivity index (χ2v) is 4.15. The molecule has 0 aromatic heterocycles. The van der Waals surface area contributed by atoms with E-state index in [9.17, 15) is 4.79 Å². The van der Waals surface area contributed by atoms with Gasteiger partial charge in [-0.1, -0.05) is 19.1 Å². The Bertz CT molecular complexity index is 347. The Hall–Kier alpha value is -1.35. The molecule has 1 rings (SSSR count). The van der Waals surface area contributed by atoms with Crippen molar-refractivity contribution in [3.05, 3.63) is 29.8 Å². The lowest BCUT2D eigenvalue weighted by molar-refractivity contribution is 0.0910. The number of nitrogens with two attached hydrogens (primary N) is 1. The third-order valence-electron chi connectivity index (χ3n) is 2.26. The Balaban J connectivity index is 2.76. The van der Waals surface area contributed by atoms with Gasteiger partial charge in [0.15, 0.2) is 5.78 Å². The summed E-state index contributed by atoms with van der Waals surface area (Å²) < 4.78 is 0. The molecule has 0 aliphatic heterocycles. The quantitative estimate of drug-likeness (QED) is 0.602. The number of carbonyl (C=O) groups excluding carboxylic acids is 1. The fourth-order valence-corrected chi connectivity index (χ4v) is 1.61. The molecule has 0 spiro atoms. The van der Waals surface area contributed by atoms with Crippen LogP contribution in [0.2, 0.25) is 0 Å². The first-order valence-corrected chi connectivity index (χ1v) is 5.05. The van der Waals surface area contributed by atoms with E-state index in [1.54, 1.807) is 12.1 Å². The minimum atomic E-state index is 0.00167. The number of anilines is 1. The van der Waals surface area contributed by atoms with Crippen molar-refractivity contribution in [3.63, 3.8) is 0 Å². The highest BCUT2D eigenvalue weighted by Gasteiger charge is 2.15. The minimum Gasteiger partial charge on any atom is -0.399 e. The second-order valence-electron chi connectivity index (χ2n) is 4.15. The van der Waals surface area contributed by atoms with Crippen LogP contribution in [0.15, 0.2) is 24.3 Å². The molecule has 0 fully saturated rings. The number of ketones is 1. The van der Waals surface area contributed by atoms with Crippen LogP contribution in [0.25, 0.3) is 0 Å². The van der Waals surface area contributed by atoms with E-state index in [1.807, 2.05) is 38.1 Å². The topological polar surface area (TPSA) is 46.3 Å². The summed E-state index contributed by atoms with van der Waals surface area (Å²) >= 11 is 0. The van der Waals surface area contributed by atoms with Crippen LogP contribution < -0.4 is 5.73 Å². The largest absolute Gasteiger partial charge is 0.399 e. The molecule has 0 aliphatic carbocycles. The fourth-order valence-electron chi connectivity index (χ4n) is 1.61. The zero-order valence-corrected chi connectivity index (χ0v) is 9.53. The second kappa shape index (κ2) is 4.94. The first-order valence-electron chi connectivity index (χ1n) is 5.05. The van der Waals surface area contributed by atoms with Gasteiger partial charge in [-0.3, -0.25) is 4.79 Å². The Labute approximate surface area is 90.9 Å². The summed E-state index contributed by atoms with van der Waals surface area (Å²) in [6, 6.07) is 7.14. The summed E-state index contributed by atoms with van der Waals surface area (Å²) in [5.41, 5.74) is 6.97. The van der Waals surface area contributed by atoms with Gasteiger partial charge in [0, 0.05) is 23.7 Å². The van der Waals surface area contributed by atoms with Crippen LogP contribution in [0.1, 0.15) is 17.3 Å². The van der Waals surface area contributed by atoms with Crippen LogP contribution >= 0.6 is 0 Å². The molecule has 15 heavy (non-hydrogen) atoms. The molecule has 1 aromatic rings. The van der Waals surface area contributed by atoms with Crippen LogP contribution in [-0.4, -0.2) is 31.3 Å². The number of benzene rings is 1. The summed E-state index contributed by atoms with van der Waals surface area (Å²) in [4.78, 5) is 14.0. The van der Waals surface area contributed by atoms with Crippen molar-refractivity contribution in [1.29, 1.82) is 0 Å². The molecule has 0 radical (unpaired) electrons. The highest BCUT2D eigenvalue weighted by Crippen LogP contribution is 2.12. The number of hydrogen-bond acceptors (Lipinski definition) is 3. The third-order valence-corrected chi connectivity index (χ3v) is 2.26. The molecule has 3 nitrogen and oxygen atoms in total. The maximum absolute atomic E-state index is 12.0. The molecule has 2 N–H and O–H groups in total. The molecule has 0 bridgehead atoms. The van der Waals surface area contributed by atoms with E-state index in [4.69, 9.17) is 5.73 Å². The Morgan fingerprint density at radius 2 is 2.13 bits per heavy atom. The standard InChI is InChI=1S/C12H18N2O/c1-9(8-14(2)3)12(15)10-5-4-6-11(13)7-10/h4-7,9H,8,13H2,1-3H3/t9-/m0/s1. The minimum absolute atomic E-state index is 0.00167. The first kappa shape index (κ1) is 11.7. The van der Waals surface area contributed by atoms with Crippen molar-refractivity contribution < 1.29 is 4.79 Å². The maximum atomic E-state index is 12.0. The van der Waals surface area contributed by atoms with Crippen molar-refractivity contribution in [2.45, 2.75) is 6.92 Å². The zero-order chi connectivity index (χ0) is 11.4. The number of rotatable bonds is 4. The number of carbonyl (C=O) groups is 1. The summed E-state index contributed by atoms with van der Waals surface area (Å²) in [6.45, 7) is 2.69. The molecule has 1 aromatic carbocycles. The Morgan fingerprint density at radius 1 is 1.47 bits per heavy atom. The van der Waals surface area contributed by atoms with Crippen molar-refractivity contribution >= 4 is 11.5 Å². The predicted molar refractivity (Wildman–Crippen MR) is 62.9 cm³/mol. The molecular weight excluding hydrogens is 188 g/mol. The first-order chi connectivity index (χ1) is 7.00.